The lowest BCUT2D eigenvalue weighted by atomic mass is 10.0. The highest BCUT2D eigenvalue weighted by molar-refractivity contribution is 5.90. The van der Waals surface area contributed by atoms with Crippen molar-refractivity contribution in [3.63, 3.8) is 0 Å². The van der Waals surface area contributed by atoms with Crippen LogP contribution in [0.15, 0.2) is 140 Å². The number of hydrogen-bond acceptors (Lipinski definition) is 8. The first-order valence-electron chi connectivity index (χ1n) is 17.0. The lowest BCUT2D eigenvalue weighted by molar-refractivity contribution is -0.149. The summed E-state index contributed by atoms with van der Waals surface area (Å²) in [6.07, 6.45) is -1.68. The summed E-state index contributed by atoms with van der Waals surface area (Å²) >= 11 is 0. The van der Waals surface area contributed by atoms with E-state index in [4.69, 9.17) is 18.9 Å². The second-order valence-corrected chi connectivity index (χ2v) is 12.1. The van der Waals surface area contributed by atoms with E-state index >= 15 is 0 Å². The van der Waals surface area contributed by atoms with E-state index in [1.165, 1.54) is 6.07 Å². The van der Waals surface area contributed by atoms with Gasteiger partial charge in [-0.2, -0.15) is 0 Å². The smallest absolute Gasteiger partial charge is 0.408 e. The van der Waals surface area contributed by atoms with Gasteiger partial charge in [-0.05, 0) is 46.9 Å². The van der Waals surface area contributed by atoms with Gasteiger partial charge >= 0.3 is 12.1 Å². The molecule has 0 spiro atoms. The van der Waals surface area contributed by atoms with E-state index in [-0.39, 0.29) is 44.3 Å². The normalized spacial score (nSPS) is 12.5. The Bertz CT molecular complexity index is 1860. The summed E-state index contributed by atoms with van der Waals surface area (Å²) in [7, 11) is 0. The van der Waals surface area contributed by atoms with Crippen molar-refractivity contribution in [1.29, 1.82) is 0 Å². The van der Waals surface area contributed by atoms with E-state index in [9.17, 15) is 19.5 Å². The van der Waals surface area contributed by atoms with Gasteiger partial charge in [0.15, 0.2) is 11.5 Å². The van der Waals surface area contributed by atoms with Gasteiger partial charge in [-0.15, -0.1) is 0 Å². The summed E-state index contributed by atoms with van der Waals surface area (Å²) in [4.78, 5) is 40.7. The first kappa shape index (κ1) is 37.1. The number of alkyl carbamates (subject to hydrolysis) is 1. The maximum Gasteiger partial charge on any atom is 0.408 e. The van der Waals surface area contributed by atoms with Gasteiger partial charge in [0.1, 0.15) is 31.9 Å². The summed E-state index contributed by atoms with van der Waals surface area (Å²) in [5, 5.41) is 15.9. The number of carbonyl (C=O) groups excluding carboxylic acids is 3. The SMILES string of the molecule is C[C@@H](OCc1ccccc1)[C@H](NC(=O)OCc1ccccc1)C(=O)N[C@@H](Cc1ccc(O)c(OCc2ccccc2)c1)C(=O)OCc1ccccc1. The first-order valence-corrected chi connectivity index (χ1v) is 17.0. The monoisotopic (exact) mass is 702 g/mol. The summed E-state index contributed by atoms with van der Waals surface area (Å²) in [6, 6.07) is 39.5. The molecule has 0 unspecified atom stereocenters. The highest BCUT2D eigenvalue weighted by Gasteiger charge is 2.33. The maximum absolute atomic E-state index is 14.0. The number of nitrogens with one attached hydrogen (secondary N) is 2. The van der Waals surface area contributed by atoms with E-state index in [1.807, 2.05) is 121 Å². The van der Waals surface area contributed by atoms with Gasteiger partial charge in [0.05, 0.1) is 12.7 Å². The number of hydrogen-bond donors (Lipinski definition) is 3. The molecule has 10 heteroatoms. The molecule has 0 saturated heterocycles. The molecule has 3 N–H and O–H groups in total. The number of benzene rings is 5. The average molecular weight is 703 g/mol. The van der Waals surface area contributed by atoms with Crippen LogP contribution in [-0.2, 0) is 56.6 Å². The third-order valence-corrected chi connectivity index (χ3v) is 8.12. The number of phenols is 1. The van der Waals surface area contributed by atoms with E-state index in [2.05, 4.69) is 10.6 Å². The molecule has 2 amide bonds. The van der Waals surface area contributed by atoms with Crippen LogP contribution in [0.2, 0.25) is 0 Å². The zero-order chi connectivity index (χ0) is 36.5. The first-order chi connectivity index (χ1) is 25.3. The summed E-state index contributed by atoms with van der Waals surface area (Å²) in [5.41, 5.74) is 3.91. The third-order valence-electron chi connectivity index (χ3n) is 8.12. The van der Waals surface area contributed by atoms with Crippen LogP contribution in [0.25, 0.3) is 0 Å². The standard InChI is InChI=1S/C42H42N2O8/c1-30(49-26-31-14-6-2-7-15-31)39(44-42(48)52-29-34-20-12-5-13-21-34)40(46)43-36(41(47)51-28-33-18-10-4-11-19-33)24-35-22-23-37(45)38(25-35)50-27-32-16-8-3-9-17-32/h2-23,25,30,36,39,45H,24,26-29H2,1H3,(H,43,46)(H,44,48)/t30-,36+,39+/m1/s1. The van der Waals surface area contributed by atoms with Crippen molar-refractivity contribution < 1.29 is 38.4 Å². The van der Waals surface area contributed by atoms with Gasteiger partial charge < -0.3 is 34.7 Å². The molecular formula is C42H42N2O8. The predicted octanol–water partition coefficient (Wildman–Crippen LogP) is 6.64. The summed E-state index contributed by atoms with van der Waals surface area (Å²) in [5.74, 6) is -1.24. The average Bonchev–Trinajstić information content (AvgIpc) is 3.18. The van der Waals surface area contributed by atoms with Gasteiger partial charge in [0, 0.05) is 6.42 Å². The molecule has 5 rings (SSSR count). The maximum atomic E-state index is 14.0. The van der Waals surface area contributed by atoms with Crippen LogP contribution >= 0.6 is 0 Å². The van der Waals surface area contributed by atoms with Crippen LogP contribution < -0.4 is 15.4 Å². The van der Waals surface area contributed by atoms with Gasteiger partial charge in [-0.25, -0.2) is 9.59 Å². The fourth-order valence-corrected chi connectivity index (χ4v) is 5.24. The van der Waals surface area contributed by atoms with Gasteiger partial charge in [-0.3, -0.25) is 4.79 Å². The Morgan fingerprint density at radius 2 is 1.10 bits per heavy atom. The molecule has 0 aromatic heterocycles. The lowest BCUT2D eigenvalue weighted by Gasteiger charge is -2.27. The van der Waals surface area contributed by atoms with E-state index in [0.29, 0.717) is 5.56 Å². The Hall–Kier alpha value is -6.13. The minimum atomic E-state index is -1.25. The second-order valence-electron chi connectivity index (χ2n) is 12.1. The van der Waals surface area contributed by atoms with E-state index in [0.717, 1.165) is 22.3 Å². The Balaban J connectivity index is 1.34. The minimum absolute atomic E-state index is 0.00817. The van der Waals surface area contributed by atoms with Crippen LogP contribution in [0.3, 0.4) is 0 Å². The van der Waals surface area contributed by atoms with Gasteiger partial charge in [0.25, 0.3) is 0 Å². The molecular weight excluding hydrogens is 660 g/mol. The lowest BCUT2D eigenvalue weighted by Crippen LogP contribution is -2.56. The Labute approximate surface area is 303 Å². The topological polar surface area (TPSA) is 132 Å². The third kappa shape index (κ3) is 11.7. The summed E-state index contributed by atoms with van der Waals surface area (Å²) in [6.45, 7) is 2.02. The molecule has 52 heavy (non-hydrogen) atoms. The molecule has 3 atom stereocenters. The quantitative estimate of drug-likeness (QED) is 0.0920. The molecule has 0 aliphatic heterocycles. The fraction of sp³-hybridized carbons (Fsp3) is 0.214. The Morgan fingerprint density at radius 3 is 1.65 bits per heavy atom. The van der Waals surface area contributed by atoms with Crippen molar-refractivity contribution in [3.8, 4) is 11.5 Å². The molecule has 10 nitrogen and oxygen atoms in total. The molecule has 0 saturated carbocycles. The molecule has 0 radical (unpaired) electrons. The molecule has 5 aromatic rings. The number of rotatable bonds is 17. The highest BCUT2D eigenvalue weighted by atomic mass is 16.6. The largest absolute Gasteiger partial charge is 0.504 e. The summed E-state index contributed by atoms with van der Waals surface area (Å²) < 4.78 is 23.0. The van der Waals surface area contributed by atoms with Crippen molar-refractivity contribution in [2.75, 3.05) is 0 Å². The molecule has 0 aliphatic rings. The van der Waals surface area contributed by atoms with Crippen LogP contribution in [-0.4, -0.2) is 41.3 Å². The molecule has 0 fully saturated rings. The van der Waals surface area contributed by atoms with Crippen LogP contribution in [0, 0.1) is 0 Å². The predicted molar refractivity (Wildman–Crippen MR) is 195 cm³/mol. The molecule has 0 aliphatic carbocycles. The highest BCUT2D eigenvalue weighted by Crippen LogP contribution is 2.28. The zero-order valence-corrected chi connectivity index (χ0v) is 28.9. The number of phenolic OH excluding ortho intramolecular Hbond substituents is 1. The number of carbonyl (C=O) groups is 3. The van der Waals surface area contributed by atoms with Crippen LogP contribution in [0.1, 0.15) is 34.7 Å². The van der Waals surface area contributed by atoms with Crippen molar-refractivity contribution in [2.24, 2.45) is 0 Å². The van der Waals surface area contributed by atoms with E-state index < -0.39 is 36.2 Å². The van der Waals surface area contributed by atoms with Gasteiger partial charge in [-0.1, -0.05) is 127 Å². The van der Waals surface area contributed by atoms with Crippen molar-refractivity contribution in [2.45, 2.75) is 58.0 Å². The van der Waals surface area contributed by atoms with Crippen LogP contribution in [0.4, 0.5) is 4.79 Å². The van der Waals surface area contributed by atoms with Crippen molar-refractivity contribution in [1.82, 2.24) is 10.6 Å². The Morgan fingerprint density at radius 1 is 0.596 bits per heavy atom. The molecule has 5 aromatic carbocycles. The second kappa shape index (κ2) is 19.3. The van der Waals surface area contributed by atoms with Crippen molar-refractivity contribution >= 4 is 18.0 Å². The minimum Gasteiger partial charge on any atom is -0.504 e. The van der Waals surface area contributed by atoms with Gasteiger partial charge in [0.2, 0.25) is 5.91 Å². The molecule has 0 heterocycles. The molecule has 268 valence electrons. The van der Waals surface area contributed by atoms with Crippen molar-refractivity contribution in [3.05, 3.63) is 167 Å². The number of ether oxygens (including phenoxy) is 4. The Kier molecular flexibility index (Phi) is 13.8. The fourth-order valence-electron chi connectivity index (χ4n) is 5.24. The number of amides is 2. The zero-order valence-electron chi connectivity index (χ0n) is 28.9. The molecule has 0 bridgehead atoms. The number of aromatic hydroxyl groups is 1. The van der Waals surface area contributed by atoms with Crippen LogP contribution in [0.5, 0.6) is 11.5 Å². The van der Waals surface area contributed by atoms with E-state index in [1.54, 1.807) is 19.1 Å². The number of esters is 1.